The normalized spacial score (nSPS) is 13.0. The van der Waals surface area contributed by atoms with Crippen LogP contribution >= 0.6 is 22.6 Å². The molecule has 0 aliphatic rings. The van der Waals surface area contributed by atoms with E-state index < -0.39 is 22.0 Å². The Balaban J connectivity index is 2.32. The number of hydrogen-bond acceptors (Lipinski definition) is 4. The molecule has 112 valence electrons. The lowest BCUT2D eigenvalue weighted by atomic mass is 10.2. The van der Waals surface area contributed by atoms with E-state index in [4.69, 9.17) is 5.11 Å². The highest BCUT2D eigenvalue weighted by Crippen LogP contribution is 2.20. The van der Waals surface area contributed by atoms with E-state index >= 15 is 0 Å². The molecule has 0 aliphatic carbocycles. The van der Waals surface area contributed by atoms with Crippen LogP contribution in [0.2, 0.25) is 0 Å². The van der Waals surface area contributed by atoms with E-state index in [1.54, 1.807) is 13.1 Å². The third-order valence-corrected chi connectivity index (χ3v) is 5.31. The van der Waals surface area contributed by atoms with Gasteiger partial charge in [-0.3, -0.25) is 5.10 Å². The van der Waals surface area contributed by atoms with Crippen LogP contribution < -0.4 is 4.72 Å². The number of carbonyl (C=O) groups is 1. The summed E-state index contributed by atoms with van der Waals surface area (Å²) in [6.45, 7) is 1.67. The largest absolute Gasteiger partial charge is 0.478 e. The van der Waals surface area contributed by atoms with E-state index in [2.05, 4.69) is 14.9 Å². The average molecular weight is 421 g/mol. The van der Waals surface area contributed by atoms with Gasteiger partial charge in [-0.25, -0.2) is 17.9 Å². The van der Waals surface area contributed by atoms with Crippen LogP contribution in [0.25, 0.3) is 0 Å². The Morgan fingerprint density at radius 2 is 2.19 bits per heavy atom. The zero-order chi connectivity index (χ0) is 15.6. The number of nitrogens with zero attached hydrogens (tertiary/aromatic N) is 1. The van der Waals surface area contributed by atoms with Gasteiger partial charge < -0.3 is 5.11 Å². The van der Waals surface area contributed by atoms with Crippen molar-refractivity contribution in [2.75, 3.05) is 0 Å². The zero-order valence-corrected chi connectivity index (χ0v) is 13.8. The number of rotatable bonds is 5. The minimum Gasteiger partial charge on any atom is -0.478 e. The topological polar surface area (TPSA) is 112 Å². The Kier molecular flexibility index (Phi) is 4.64. The second-order valence-electron chi connectivity index (χ2n) is 4.32. The van der Waals surface area contributed by atoms with Gasteiger partial charge in [0.05, 0.1) is 16.7 Å². The van der Waals surface area contributed by atoms with Crippen molar-refractivity contribution in [2.45, 2.75) is 17.9 Å². The molecule has 1 aromatic heterocycles. The van der Waals surface area contributed by atoms with Gasteiger partial charge in [-0.15, -0.1) is 0 Å². The van der Waals surface area contributed by atoms with E-state index in [1.165, 1.54) is 18.3 Å². The number of aromatic nitrogens is 2. The quantitative estimate of drug-likeness (QED) is 0.637. The van der Waals surface area contributed by atoms with Crippen molar-refractivity contribution in [3.63, 3.8) is 0 Å². The summed E-state index contributed by atoms with van der Waals surface area (Å²) in [6.07, 6.45) is 3.10. The number of aromatic carboxylic acids is 1. The van der Waals surface area contributed by atoms with Gasteiger partial charge >= 0.3 is 5.97 Å². The Labute approximate surface area is 135 Å². The molecule has 0 aliphatic heterocycles. The highest BCUT2D eigenvalue weighted by atomic mass is 127. The summed E-state index contributed by atoms with van der Waals surface area (Å²) in [5.41, 5.74) is 0.636. The maximum atomic E-state index is 12.3. The van der Waals surface area contributed by atoms with Crippen molar-refractivity contribution < 1.29 is 18.3 Å². The lowest BCUT2D eigenvalue weighted by molar-refractivity contribution is 0.0695. The van der Waals surface area contributed by atoms with Gasteiger partial charge in [0.2, 0.25) is 10.0 Å². The van der Waals surface area contributed by atoms with Gasteiger partial charge in [-0.05, 0) is 47.7 Å². The molecule has 0 saturated heterocycles. The number of H-pyrrole nitrogens is 1. The standard InChI is InChI=1S/C12H12IN3O4S/c1-7(8-5-14-15-6-8)16-21(19,20)9-2-3-11(13)10(4-9)12(17)18/h2-7,16H,1H3,(H,14,15)(H,17,18). The molecule has 21 heavy (non-hydrogen) atoms. The van der Waals surface area contributed by atoms with Crippen molar-refractivity contribution >= 4 is 38.6 Å². The molecule has 1 unspecified atom stereocenters. The fourth-order valence-corrected chi connectivity index (χ4v) is 3.53. The summed E-state index contributed by atoms with van der Waals surface area (Å²) in [5, 5.41) is 15.4. The Hall–Kier alpha value is -1.46. The molecule has 0 amide bonds. The highest BCUT2D eigenvalue weighted by Gasteiger charge is 2.21. The molecule has 0 saturated carbocycles. The van der Waals surface area contributed by atoms with Crippen LogP contribution in [-0.4, -0.2) is 29.7 Å². The first-order valence-electron chi connectivity index (χ1n) is 5.85. The SMILES string of the molecule is CC(NS(=O)(=O)c1ccc(I)c(C(=O)O)c1)c1cn[nH]c1. The molecule has 2 aromatic rings. The molecule has 3 N–H and O–H groups in total. The molecule has 0 bridgehead atoms. The number of sulfonamides is 1. The number of carboxylic acid groups (broad SMARTS) is 1. The first-order valence-corrected chi connectivity index (χ1v) is 8.41. The van der Waals surface area contributed by atoms with Crippen molar-refractivity contribution in [3.05, 3.63) is 45.3 Å². The molecule has 0 spiro atoms. The van der Waals surface area contributed by atoms with Crippen LogP contribution in [0.15, 0.2) is 35.5 Å². The molecular weight excluding hydrogens is 409 g/mol. The van der Waals surface area contributed by atoms with Crippen molar-refractivity contribution in [3.8, 4) is 0 Å². The monoisotopic (exact) mass is 421 g/mol. The zero-order valence-electron chi connectivity index (χ0n) is 10.9. The molecule has 7 nitrogen and oxygen atoms in total. The minimum atomic E-state index is -3.82. The number of hydrogen-bond donors (Lipinski definition) is 3. The van der Waals surface area contributed by atoms with Crippen LogP contribution in [0.3, 0.4) is 0 Å². The lowest BCUT2D eigenvalue weighted by Gasteiger charge is -2.13. The maximum Gasteiger partial charge on any atom is 0.336 e. The first-order chi connectivity index (χ1) is 9.81. The predicted molar refractivity (Wildman–Crippen MR) is 83.4 cm³/mol. The van der Waals surface area contributed by atoms with E-state index in [0.29, 0.717) is 9.13 Å². The van der Waals surface area contributed by atoms with Crippen LogP contribution in [0.4, 0.5) is 0 Å². The number of benzene rings is 1. The number of halogens is 1. The van der Waals surface area contributed by atoms with E-state index in [1.807, 2.05) is 22.6 Å². The fraction of sp³-hybridized carbons (Fsp3) is 0.167. The Bertz CT molecular complexity index is 759. The summed E-state index contributed by atoms with van der Waals surface area (Å²) >= 11 is 1.85. The summed E-state index contributed by atoms with van der Waals surface area (Å²) in [4.78, 5) is 11.0. The van der Waals surface area contributed by atoms with Crippen molar-refractivity contribution in [2.24, 2.45) is 0 Å². The van der Waals surface area contributed by atoms with Crippen molar-refractivity contribution in [1.29, 1.82) is 0 Å². The molecule has 1 heterocycles. The Morgan fingerprint density at radius 3 is 2.76 bits per heavy atom. The molecular formula is C12H12IN3O4S. The van der Waals surface area contributed by atoms with Gasteiger partial charge in [0.25, 0.3) is 0 Å². The van der Waals surface area contributed by atoms with E-state index in [-0.39, 0.29) is 10.5 Å². The number of carboxylic acids is 1. The molecule has 0 fully saturated rings. The predicted octanol–water partition coefficient (Wildman–Crippen LogP) is 1.75. The second-order valence-corrected chi connectivity index (χ2v) is 7.20. The van der Waals surface area contributed by atoms with Gasteiger partial charge in [-0.1, -0.05) is 0 Å². The van der Waals surface area contributed by atoms with Crippen LogP contribution in [0.5, 0.6) is 0 Å². The molecule has 1 aromatic carbocycles. The average Bonchev–Trinajstić information content (AvgIpc) is 2.92. The van der Waals surface area contributed by atoms with Gasteiger partial charge in [0.1, 0.15) is 0 Å². The maximum absolute atomic E-state index is 12.3. The summed E-state index contributed by atoms with van der Waals surface area (Å²) in [6, 6.07) is 3.50. The summed E-state index contributed by atoms with van der Waals surface area (Å²) in [7, 11) is -3.82. The third-order valence-electron chi connectivity index (χ3n) is 2.83. The van der Waals surface area contributed by atoms with Crippen LogP contribution in [0, 0.1) is 3.57 Å². The van der Waals surface area contributed by atoms with Crippen LogP contribution in [0.1, 0.15) is 28.9 Å². The summed E-state index contributed by atoms with van der Waals surface area (Å²) < 4.78 is 27.5. The minimum absolute atomic E-state index is 0.0468. The number of aromatic amines is 1. The molecule has 9 heteroatoms. The fourth-order valence-electron chi connectivity index (χ4n) is 1.70. The smallest absolute Gasteiger partial charge is 0.336 e. The van der Waals surface area contributed by atoms with Gasteiger partial charge in [0.15, 0.2) is 0 Å². The van der Waals surface area contributed by atoms with Gasteiger partial charge in [-0.2, -0.15) is 5.10 Å². The lowest BCUT2D eigenvalue weighted by Crippen LogP contribution is -2.27. The van der Waals surface area contributed by atoms with E-state index in [0.717, 1.165) is 6.07 Å². The van der Waals surface area contributed by atoms with Crippen LogP contribution in [-0.2, 0) is 10.0 Å². The molecule has 1 atom stereocenters. The second kappa shape index (κ2) is 6.12. The Morgan fingerprint density at radius 1 is 1.48 bits per heavy atom. The molecule has 0 radical (unpaired) electrons. The van der Waals surface area contributed by atoms with E-state index in [9.17, 15) is 13.2 Å². The van der Waals surface area contributed by atoms with Gasteiger partial charge in [0, 0.05) is 21.4 Å². The highest BCUT2D eigenvalue weighted by molar-refractivity contribution is 14.1. The molecule has 2 rings (SSSR count). The third kappa shape index (κ3) is 3.60. The summed E-state index contributed by atoms with van der Waals surface area (Å²) in [5.74, 6) is -1.17. The van der Waals surface area contributed by atoms with Crippen molar-refractivity contribution in [1.82, 2.24) is 14.9 Å². The first kappa shape index (κ1) is 15.9. The number of nitrogens with one attached hydrogen (secondary N) is 2.